The molecule has 100 valence electrons. The topological polar surface area (TPSA) is 35.0 Å². The Morgan fingerprint density at radius 1 is 1.37 bits per heavy atom. The molecule has 3 nitrogen and oxygen atoms in total. The maximum Gasteiger partial charge on any atom is 0.216 e. The van der Waals surface area contributed by atoms with E-state index in [0.717, 1.165) is 5.69 Å². The lowest BCUT2D eigenvalue weighted by atomic mass is 10.1. The Labute approximate surface area is 123 Å². The first-order valence-corrected chi connectivity index (χ1v) is 6.77. The summed E-state index contributed by atoms with van der Waals surface area (Å²) in [6.45, 7) is 0. The molecule has 1 aromatic heterocycles. The van der Waals surface area contributed by atoms with E-state index in [4.69, 9.17) is 16.3 Å². The van der Waals surface area contributed by atoms with Crippen LogP contribution in [0.5, 0.6) is 5.88 Å². The average Bonchev–Trinajstić information content (AvgIpc) is 2.42. The van der Waals surface area contributed by atoms with Crippen LogP contribution in [0.3, 0.4) is 0 Å². The van der Waals surface area contributed by atoms with Crippen molar-refractivity contribution in [3.05, 3.63) is 52.1 Å². The Hall–Kier alpha value is -1.20. The highest BCUT2D eigenvalue weighted by molar-refractivity contribution is 9.10. The number of methoxy groups -OCH3 is 1. The smallest absolute Gasteiger partial charge is 0.216 e. The maximum absolute atomic E-state index is 13.4. The zero-order valence-electron chi connectivity index (χ0n) is 10.1. The molecular formula is C13H11BrClFN2O. The summed E-state index contributed by atoms with van der Waals surface area (Å²) >= 11 is 9.39. The van der Waals surface area contributed by atoms with Crippen LogP contribution in [0.1, 0.15) is 16.6 Å². The van der Waals surface area contributed by atoms with Crippen molar-refractivity contribution >= 4 is 27.5 Å². The number of rotatable bonds is 4. The molecule has 2 aromatic rings. The zero-order valence-corrected chi connectivity index (χ0v) is 12.4. The summed E-state index contributed by atoms with van der Waals surface area (Å²) in [6, 6.07) is 6.55. The largest absolute Gasteiger partial charge is 0.481 e. The van der Waals surface area contributed by atoms with Crippen molar-refractivity contribution in [3.8, 4) is 5.88 Å². The third kappa shape index (κ3) is 3.64. The van der Waals surface area contributed by atoms with Gasteiger partial charge in [0.25, 0.3) is 0 Å². The van der Waals surface area contributed by atoms with Gasteiger partial charge in [-0.15, -0.1) is 11.6 Å². The SMILES string of the molecule is COc1cc(CC(Cl)c2ccc(Br)c(F)c2)ncn1. The first-order valence-electron chi connectivity index (χ1n) is 5.54. The Balaban J connectivity index is 2.15. The van der Waals surface area contributed by atoms with Crippen LogP contribution < -0.4 is 4.74 Å². The van der Waals surface area contributed by atoms with Gasteiger partial charge in [-0.05, 0) is 33.6 Å². The van der Waals surface area contributed by atoms with Crippen molar-refractivity contribution in [2.45, 2.75) is 11.8 Å². The molecule has 1 atom stereocenters. The lowest BCUT2D eigenvalue weighted by Crippen LogP contribution is -2.00. The van der Waals surface area contributed by atoms with Gasteiger partial charge < -0.3 is 4.74 Å². The molecule has 0 amide bonds. The summed E-state index contributed by atoms with van der Waals surface area (Å²) in [7, 11) is 1.54. The molecule has 0 radical (unpaired) electrons. The van der Waals surface area contributed by atoms with Gasteiger partial charge in [0, 0.05) is 18.2 Å². The zero-order chi connectivity index (χ0) is 13.8. The van der Waals surface area contributed by atoms with Crippen molar-refractivity contribution in [1.82, 2.24) is 9.97 Å². The molecule has 0 fully saturated rings. The predicted octanol–water partition coefficient (Wildman–Crippen LogP) is 3.91. The van der Waals surface area contributed by atoms with E-state index in [1.807, 2.05) is 0 Å². The number of halogens is 3. The molecule has 19 heavy (non-hydrogen) atoms. The van der Waals surface area contributed by atoms with Gasteiger partial charge in [-0.2, -0.15) is 0 Å². The Kier molecular flexibility index (Phi) is 4.71. The van der Waals surface area contributed by atoms with Gasteiger partial charge in [0.1, 0.15) is 12.1 Å². The summed E-state index contributed by atoms with van der Waals surface area (Å²) < 4.78 is 18.9. The fraction of sp³-hybridized carbons (Fsp3) is 0.231. The fourth-order valence-electron chi connectivity index (χ4n) is 1.61. The van der Waals surface area contributed by atoms with Crippen LogP contribution in [0.25, 0.3) is 0 Å². The molecule has 0 bridgehead atoms. The summed E-state index contributed by atoms with van der Waals surface area (Å²) in [5.74, 6) is 0.152. The van der Waals surface area contributed by atoms with Crippen molar-refractivity contribution in [2.24, 2.45) is 0 Å². The quantitative estimate of drug-likeness (QED) is 0.788. The average molecular weight is 346 g/mol. The third-order valence-electron chi connectivity index (χ3n) is 2.60. The van der Waals surface area contributed by atoms with Crippen LogP contribution in [0.2, 0.25) is 0 Å². The highest BCUT2D eigenvalue weighted by Crippen LogP contribution is 2.27. The standard InChI is InChI=1S/C13H11BrClFN2O/c1-19-13-6-9(17-7-18-13)5-11(15)8-2-3-10(14)12(16)4-8/h2-4,6-7,11H,5H2,1H3. The van der Waals surface area contributed by atoms with Gasteiger partial charge in [-0.25, -0.2) is 14.4 Å². The molecular weight excluding hydrogens is 335 g/mol. The molecule has 1 unspecified atom stereocenters. The minimum absolute atomic E-state index is 0.330. The van der Waals surface area contributed by atoms with Crippen LogP contribution in [-0.2, 0) is 6.42 Å². The molecule has 0 saturated carbocycles. The molecule has 1 heterocycles. The monoisotopic (exact) mass is 344 g/mol. The highest BCUT2D eigenvalue weighted by Gasteiger charge is 2.12. The van der Waals surface area contributed by atoms with E-state index in [0.29, 0.717) is 22.3 Å². The van der Waals surface area contributed by atoms with Crippen molar-refractivity contribution in [1.29, 1.82) is 0 Å². The number of hydrogen-bond donors (Lipinski definition) is 0. The van der Waals surface area contributed by atoms with E-state index in [1.165, 1.54) is 19.5 Å². The third-order valence-corrected chi connectivity index (χ3v) is 3.65. The minimum atomic E-state index is -0.359. The lowest BCUT2D eigenvalue weighted by Gasteiger charge is -2.10. The van der Waals surface area contributed by atoms with Crippen molar-refractivity contribution in [2.75, 3.05) is 7.11 Å². The fourth-order valence-corrected chi connectivity index (χ4v) is 2.15. The van der Waals surface area contributed by atoms with Gasteiger partial charge in [-0.3, -0.25) is 0 Å². The maximum atomic E-state index is 13.4. The second-order valence-electron chi connectivity index (χ2n) is 3.90. The van der Waals surface area contributed by atoms with Crippen LogP contribution in [0.4, 0.5) is 4.39 Å². The van der Waals surface area contributed by atoms with Crippen molar-refractivity contribution in [3.63, 3.8) is 0 Å². The van der Waals surface area contributed by atoms with Gasteiger partial charge in [0.05, 0.1) is 17.0 Å². The van der Waals surface area contributed by atoms with Gasteiger partial charge in [-0.1, -0.05) is 6.07 Å². The molecule has 0 aliphatic rings. The number of nitrogens with zero attached hydrogens (tertiary/aromatic N) is 2. The second-order valence-corrected chi connectivity index (χ2v) is 5.28. The van der Waals surface area contributed by atoms with Gasteiger partial charge in [0.15, 0.2) is 0 Å². The van der Waals surface area contributed by atoms with Crippen LogP contribution in [0, 0.1) is 5.82 Å². The minimum Gasteiger partial charge on any atom is -0.481 e. The molecule has 0 aliphatic heterocycles. The number of hydrogen-bond acceptors (Lipinski definition) is 3. The predicted molar refractivity (Wildman–Crippen MR) is 75.0 cm³/mol. The van der Waals surface area contributed by atoms with Gasteiger partial charge in [0.2, 0.25) is 5.88 Å². The molecule has 0 aliphatic carbocycles. The summed E-state index contributed by atoms with van der Waals surface area (Å²) in [5, 5.41) is -0.359. The van der Waals surface area contributed by atoms with Crippen LogP contribution >= 0.6 is 27.5 Å². The first-order chi connectivity index (χ1) is 9.10. The molecule has 0 N–H and O–H groups in total. The Bertz CT molecular complexity index is 582. The Morgan fingerprint density at radius 2 is 2.16 bits per heavy atom. The molecule has 6 heteroatoms. The number of alkyl halides is 1. The van der Waals surface area contributed by atoms with E-state index in [2.05, 4.69) is 25.9 Å². The number of benzene rings is 1. The summed E-state index contributed by atoms with van der Waals surface area (Å²) in [5.41, 5.74) is 1.45. The molecule has 1 aromatic carbocycles. The first kappa shape index (κ1) is 14.2. The Morgan fingerprint density at radius 3 is 2.84 bits per heavy atom. The van der Waals surface area contributed by atoms with E-state index < -0.39 is 0 Å². The normalized spacial score (nSPS) is 12.2. The van der Waals surface area contributed by atoms with E-state index in [1.54, 1.807) is 18.2 Å². The van der Waals surface area contributed by atoms with E-state index >= 15 is 0 Å². The lowest BCUT2D eigenvalue weighted by molar-refractivity contribution is 0.396. The van der Waals surface area contributed by atoms with Crippen LogP contribution in [-0.4, -0.2) is 17.1 Å². The van der Waals surface area contributed by atoms with E-state index in [-0.39, 0.29) is 11.2 Å². The van der Waals surface area contributed by atoms with Crippen molar-refractivity contribution < 1.29 is 9.13 Å². The summed E-state index contributed by atoms with van der Waals surface area (Å²) in [4.78, 5) is 8.04. The summed E-state index contributed by atoms with van der Waals surface area (Å²) in [6.07, 6.45) is 1.89. The van der Waals surface area contributed by atoms with Gasteiger partial charge >= 0.3 is 0 Å². The molecule has 0 spiro atoms. The highest BCUT2D eigenvalue weighted by atomic mass is 79.9. The second kappa shape index (κ2) is 6.30. The molecule has 2 rings (SSSR count). The van der Waals surface area contributed by atoms with Crippen LogP contribution in [0.15, 0.2) is 35.1 Å². The number of ether oxygens (including phenoxy) is 1. The molecule has 0 saturated heterocycles. The number of aromatic nitrogens is 2. The van der Waals surface area contributed by atoms with E-state index in [9.17, 15) is 4.39 Å².